The van der Waals surface area contributed by atoms with Crippen LogP contribution in [0.5, 0.6) is 11.5 Å². The fraction of sp³-hybridized carbons (Fsp3) is 0.190. The molecule has 6 nitrogen and oxygen atoms in total. The number of carbonyl (C=O) groups is 1. The minimum atomic E-state index is -0.287. The van der Waals surface area contributed by atoms with Crippen LogP contribution >= 0.6 is 22.9 Å². The highest BCUT2D eigenvalue weighted by molar-refractivity contribution is 7.15. The minimum absolute atomic E-state index is 0.257. The second-order valence-electron chi connectivity index (χ2n) is 5.92. The van der Waals surface area contributed by atoms with E-state index in [0.29, 0.717) is 34.7 Å². The first-order valence-corrected chi connectivity index (χ1v) is 10.1. The van der Waals surface area contributed by atoms with E-state index in [0.717, 1.165) is 22.5 Å². The van der Waals surface area contributed by atoms with Crippen molar-refractivity contribution < 1.29 is 14.3 Å². The number of nitrogens with one attached hydrogen (secondary N) is 1. The standard InChI is InChI=1S/C21H20ClN3O3S/c1-3-28-18-12-15(9-10-17(18)27-2)11-16(22)20-24-25-21(29-20)19(26)23-13-14-7-5-4-6-8-14/h4-12H,3,13H2,1-2H3,(H,23,26)/b16-11-. The van der Waals surface area contributed by atoms with Crippen LogP contribution in [-0.4, -0.2) is 29.8 Å². The van der Waals surface area contributed by atoms with E-state index in [-0.39, 0.29) is 10.9 Å². The molecule has 0 fully saturated rings. The van der Waals surface area contributed by atoms with Crippen LogP contribution in [0.1, 0.15) is 32.9 Å². The molecule has 0 atom stereocenters. The number of halogens is 1. The fourth-order valence-corrected chi connectivity index (χ4v) is 3.47. The molecule has 0 bridgehead atoms. The highest BCUT2D eigenvalue weighted by atomic mass is 35.5. The zero-order valence-corrected chi connectivity index (χ0v) is 17.6. The van der Waals surface area contributed by atoms with Gasteiger partial charge in [0.1, 0.15) is 0 Å². The maximum Gasteiger partial charge on any atom is 0.282 e. The van der Waals surface area contributed by atoms with Gasteiger partial charge in [-0.05, 0) is 36.3 Å². The topological polar surface area (TPSA) is 73.3 Å². The number of benzene rings is 2. The highest BCUT2D eigenvalue weighted by Crippen LogP contribution is 2.31. The van der Waals surface area contributed by atoms with E-state index in [4.69, 9.17) is 21.1 Å². The van der Waals surface area contributed by atoms with Gasteiger partial charge in [0, 0.05) is 6.54 Å². The Hall–Kier alpha value is -2.90. The molecule has 3 rings (SSSR count). The van der Waals surface area contributed by atoms with E-state index in [9.17, 15) is 4.79 Å². The summed E-state index contributed by atoms with van der Waals surface area (Å²) in [6.45, 7) is 2.85. The molecule has 1 amide bonds. The number of carbonyl (C=O) groups excluding carboxylic acids is 1. The molecule has 0 aliphatic heterocycles. The Bertz CT molecular complexity index is 1010. The number of nitrogens with zero attached hydrogens (tertiary/aromatic N) is 2. The lowest BCUT2D eigenvalue weighted by Crippen LogP contribution is -2.22. The first-order chi connectivity index (χ1) is 14.1. The van der Waals surface area contributed by atoms with E-state index < -0.39 is 0 Å². The summed E-state index contributed by atoms with van der Waals surface area (Å²) in [6.07, 6.45) is 1.75. The Morgan fingerprint density at radius 2 is 1.90 bits per heavy atom. The van der Waals surface area contributed by atoms with Crippen LogP contribution in [0.15, 0.2) is 48.5 Å². The molecule has 0 aliphatic carbocycles. The maximum atomic E-state index is 12.3. The van der Waals surface area contributed by atoms with Crippen LogP contribution < -0.4 is 14.8 Å². The summed E-state index contributed by atoms with van der Waals surface area (Å²) in [5.41, 5.74) is 1.83. The molecule has 1 aromatic heterocycles. The number of rotatable bonds is 8. The summed E-state index contributed by atoms with van der Waals surface area (Å²) >= 11 is 7.54. The van der Waals surface area contributed by atoms with Crippen molar-refractivity contribution in [2.45, 2.75) is 13.5 Å². The lowest BCUT2D eigenvalue weighted by atomic mass is 10.2. The predicted molar refractivity (Wildman–Crippen MR) is 115 cm³/mol. The number of ether oxygens (including phenoxy) is 2. The van der Waals surface area contributed by atoms with Crippen molar-refractivity contribution in [3.8, 4) is 11.5 Å². The number of amides is 1. The third kappa shape index (κ3) is 5.56. The smallest absolute Gasteiger partial charge is 0.282 e. The molecular weight excluding hydrogens is 410 g/mol. The Kier molecular flexibility index (Phi) is 7.21. The normalized spacial score (nSPS) is 11.2. The van der Waals surface area contributed by atoms with Gasteiger partial charge in [-0.2, -0.15) is 0 Å². The fourth-order valence-electron chi connectivity index (χ4n) is 2.52. The van der Waals surface area contributed by atoms with Crippen LogP contribution in [0, 0.1) is 0 Å². The minimum Gasteiger partial charge on any atom is -0.493 e. The van der Waals surface area contributed by atoms with Gasteiger partial charge in [0.2, 0.25) is 5.01 Å². The molecule has 0 unspecified atom stereocenters. The predicted octanol–water partition coefficient (Wildman–Crippen LogP) is 4.61. The van der Waals surface area contributed by atoms with Crippen molar-refractivity contribution in [2.24, 2.45) is 0 Å². The Balaban J connectivity index is 1.70. The highest BCUT2D eigenvalue weighted by Gasteiger charge is 2.14. The van der Waals surface area contributed by atoms with E-state index in [1.165, 1.54) is 0 Å². The molecule has 0 radical (unpaired) electrons. The number of aromatic nitrogens is 2. The Morgan fingerprint density at radius 1 is 1.14 bits per heavy atom. The van der Waals surface area contributed by atoms with Crippen LogP contribution in [0.4, 0.5) is 0 Å². The quantitative estimate of drug-likeness (QED) is 0.566. The van der Waals surface area contributed by atoms with Gasteiger partial charge >= 0.3 is 0 Å². The molecule has 2 aromatic carbocycles. The van der Waals surface area contributed by atoms with Crippen LogP contribution in [0.3, 0.4) is 0 Å². The Labute approximate surface area is 178 Å². The maximum absolute atomic E-state index is 12.3. The van der Waals surface area contributed by atoms with E-state index >= 15 is 0 Å². The van der Waals surface area contributed by atoms with Gasteiger partial charge in [0.05, 0.1) is 18.7 Å². The third-order valence-electron chi connectivity index (χ3n) is 3.90. The molecule has 0 saturated heterocycles. The summed E-state index contributed by atoms with van der Waals surface area (Å²) in [7, 11) is 1.59. The van der Waals surface area contributed by atoms with Crippen molar-refractivity contribution in [1.29, 1.82) is 0 Å². The molecular formula is C21H20ClN3O3S. The van der Waals surface area contributed by atoms with Gasteiger partial charge < -0.3 is 14.8 Å². The van der Waals surface area contributed by atoms with Gasteiger partial charge in [-0.15, -0.1) is 10.2 Å². The first-order valence-electron chi connectivity index (χ1n) is 8.94. The molecule has 1 heterocycles. The second-order valence-corrected chi connectivity index (χ2v) is 7.30. The van der Waals surface area contributed by atoms with E-state index in [1.807, 2.05) is 55.5 Å². The van der Waals surface area contributed by atoms with Gasteiger partial charge in [-0.1, -0.05) is 59.3 Å². The van der Waals surface area contributed by atoms with Gasteiger partial charge in [-0.3, -0.25) is 4.79 Å². The molecule has 3 aromatic rings. The zero-order valence-electron chi connectivity index (χ0n) is 16.0. The largest absolute Gasteiger partial charge is 0.493 e. The van der Waals surface area contributed by atoms with E-state index in [2.05, 4.69) is 15.5 Å². The third-order valence-corrected chi connectivity index (χ3v) is 5.26. The average molecular weight is 430 g/mol. The summed E-state index contributed by atoms with van der Waals surface area (Å²) in [5, 5.41) is 11.9. The number of hydrogen-bond donors (Lipinski definition) is 1. The molecule has 1 N–H and O–H groups in total. The van der Waals surface area contributed by atoms with Crippen LogP contribution in [0.2, 0.25) is 0 Å². The summed E-state index contributed by atoms with van der Waals surface area (Å²) < 4.78 is 10.9. The summed E-state index contributed by atoms with van der Waals surface area (Å²) in [6, 6.07) is 15.2. The zero-order chi connectivity index (χ0) is 20.6. The lowest BCUT2D eigenvalue weighted by molar-refractivity contribution is 0.0950. The average Bonchev–Trinajstić information content (AvgIpc) is 3.24. The lowest BCUT2D eigenvalue weighted by Gasteiger charge is -2.09. The molecule has 8 heteroatoms. The number of methoxy groups -OCH3 is 1. The van der Waals surface area contributed by atoms with E-state index in [1.54, 1.807) is 13.2 Å². The summed E-state index contributed by atoms with van der Waals surface area (Å²) in [4.78, 5) is 12.3. The van der Waals surface area contributed by atoms with Gasteiger partial charge in [0.25, 0.3) is 5.91 Å². The van der Waals surface area contributed by atoms with Crippen molar-refractivity contribution in [3.63, 3.8) is 0 Å². The molecule has 0 spiro atoms. The summed E-state index contributed by atoms with van der Waals surface area (Å²) in [5.74, 6) is 0.991. The number of hydrogen-bond acceptors (Lipinski definition) is 6. The van der Waals surface area contributed by atoms with Crippen LogP contribution in [-0.2, 0) is 6.54 Å². The van der Waals surface area contributed by atoms with Gasteiger partial charge in [0.15, 0.2) is 16.5 Å². The van der Waals surface area contributed by atoms with Crippen molar-refractivity contribution >= 4 is 40.0 Å². The van der Waals surface area contributed by atoms with Crippen molar-refractivity contribution in [2.75, 3.05) is 13.7 Å². The Morgan fingerprint density at radius 3 is 2.62 bits per heavy atom. The first kappa shape index (κ1) is 20.8. The second kappa shape index (κ2) is 10.0. The monoisotopic (exact) mass is 429 g/mol. The van der Waals surface area contributed by atoms with Gasteiger partial charge in [-0.25, -0.2) is 0 Å². The SMILES string of the molecule is CCOc1cc(/C=C(\Cl)c2nnc(C(=O)NCc3ccccc3)s2)ccc1OC. The molecule has 0 saturated carbocycles. The molecule has 150 valence electrons. The van der Waals surface area contributed by atoms with Crippen molar-refractivity contribution in [3.05, 3.63) is 69.7 Å². The van der Waals surface area contributed by atoms with Crippen molar-refractivity contribution in [1.82, 2.24) is 15.5 Å². The molecule has 0 aliphatic rings. The molecule has 29 heavy (non-hydrogen) atoms. The van der Waals surface area contributed by atoms with Crippen LogP contribution in [0.25, 0.3) is 11.1 Å².